The summed E-state index contributed by atoms with van der Waals surface area (Å²) in [6.07, 6.45) is 0.271. The van der Waals surface area contributed by atoms with E-state index in [9.17, 15) is 4.79 Å². The minimum atomic E-state index is -0.165. The van der Waals surface area contributed by atoms with E-state index in [2.05, 4.69) is 10.5 Å². The molecule has 84 valence electrons. The highest BCUT2D eigenvalue weighted by molar-refractivity contribution is 6.19. The van der Waals surface area contributed by atoms with Crippen molar-refractivity contribution in [2.45, 2.75) is 32.6 Å². The van der Waals surface area contributed by atoms with E-state index >= 15 is 0 Å². The van der Waals surface area contributed by atoms with Gasteiger partial charge in [0.05, 0.1) is 5.69 Å². The number of carbonyl (C=O) groups is 1. The fourth-order valence-corrected chi connectivity index (χ4v) is 1.14. The molecule has 0 atom stereocenters. The third kappa shape index (κ3) is 3.55. The maximum atomic E-state index is 11.2. The van der Waals surface area contributed by atoms with Crippen molar-refractivity contribution in [3.63, 3.8) is 0 Å². The van der Waals surface area contributed by atoms with Gasteiger partial charge in [0.1, 0.15) is 0 Å². The second-order valence-electron chi connectivity index (χ2n) is 4.31. The van der Waals surface area contributed by atoms with Crippen molar-refractivity contribution in [2.75, 3.05) is 11.2 Å². The van der Waals surface area contributed by atoms with Crippen LogP contribution >= 0.6 is 11.6 Å². The maximum Gasteiger partial charge on any atom is 0.231 e. The van der Waals surface area contributed by atoms with Crippen LogP contribution in [-0.4, -0.2) is 16.9 Å². The monoisotopic (exact) mass is 230 g/mol. The van der Waals surface area contributed by atoms with Crippen LogP contribution in [0.25, 0.3) is 0 Å². The molecule has 0 aliphatic carbocycles. The van der Waals surface area contributed by atoms with Crippen LogP contribution in [0.5, 0.6) is 0 Å². The molecule has 15 heavy (non-hydrogen) atoms. The van der Waals surface area contributed by atoms with Gasteiger partial charge in [0.25, 0.3) is 0 Å². The number of carbonyl (C=O) groups excluding carboxylic acids is 1. The Labute approximate surface area is 94.0 Å². The minimum Gasteiger partial charge on any atom is -0.338 e. The number of hydrogen-bond acceptors (Lipinski definition) is 3. The van der Waals surface area contributed by atoms with Gasteiger partial charge in [0.15, 0.2) is 0 Å². The number of hydrogen-bond donors (Lipinski definition) is 1. The summed E-state index contributed by atoms with van der Waals surface area (Å²) < 4.78 is 4.98. The summed E-state index contributed by atoms with van der Waals surface area (Å²) in [7, 11) is 0. The molecule has 0 aromatic carbocycles. The van der Waals surface area contributed by atoms with Crippen LogP contribution in [0.4, 0.5) is 5.88 Å². The van der Waals surface area contributed by atoms with E-state index in [1.165, 1.54) is 0 Å². The number of rotatable bonds is 3. The second kappa shape index (κ2) is 4.66. The molecule has 0 unspecified atom stereocenters. The fourth-order valence-electron chi connectivity index (χ4n) is 0.973. The Hall–Kier alpha value is -1.03. The molecule has 1 rings (SSSR count). The van der Waals surface area contributed by atoms with Gasteiger partial charge in [-0.05, 0) is 0 Å². The molecule has 5 heteroatoms. The van der Waals surface area contributed by atoms with Crippen LogP contribution in [0.3, 0.4) is 0 Å². The largest absolute Gasteiger partial charge is 0.338 e. The lowest BCUT2D eigenvalue weighted by atomic mass is 9.92. The fraction of sp³-hybridized carbons (Fsp3) is 0.600. The molecule has 1 heterocycles. The summed E-state index contributed by atoms with van der Waals surface area (Å²) in [5.41, 5.74) is 0.725. The van der Waals surface area contributed by atoms with Crippen molar-refractivity contribution in [1.82, 2.24) is 5.16 Å². The molecule has 1 amide bonds. The molecular formula is C10H15ClN2O2. The molecule has 0 spiro atoms. The summed E-state index contributed by atoms with van der Waals surface area (Å²) in [4.78, 5) is 11.2. The van der Waals surface area contributed by atoms with Gasteiger partial charge >= 0.3 is 0 Å². The van der Waals surface area contributed by atoms with Gasteiger partial charge in [0.2, 0.25) is 11.8 Å². The number of nitrogens with one attached hydrogen (secondary N) is 1. The van der Waals surface area contributed by atoms with Crippen LogP contribution < -0.4 is 5.32 Å². The summed E-state index contributed by atoms with van der Waals surface area (Å²) in [6, 6.07) is 1.73. The molecule has 0 saturated heterocycles. The van der Waals surface area contributed by atoms with Crippen molar-refractivity contribution in [2.24, 2.45) is 0 Å². The highest BCUT2D eigenvalue weighted by Gasteiger charge is 2.19. The van der Waals surface area contributed by atoms with Crippen molar-refractivity contribution in [3.8, 4) is 0 Å². The first kappa shape index (κ1) is 12.0. The Morgan fingerprint density at radius 1 is 1.60 bits per heavy atom. The minimum absolute atomic E-state index is 0.0844. The predicted octanol–water partition coefficient (Wildman–Crippen LogP) is 2.54. The smallest absolute Gasteiger partial charge is 0.231 e. The number of halogens is 1. The SMILES string of the molecule is CC(C)(C)c1cc(NC(=O)CCCl)on1. The molecule has 0 aliphatic heterocycles. The predicted molar refractivity (Wildman–Crippen MR) is 59.2 cm³/mol. The van der Waals surface area contributed by atoms with Gasteiger partial charge in [-0.2, -0.15) is 0 Å². The first-order valence-corrected chi connectivity index (χ1v) is 5.30. The quantitative estimate of drug-likeness (QED) is 0.812. The van der Waals surface area contributed by atoms with Crippen molar-refractivity contribution in [3.05, 3.63) is 11.8 Å². The number of aromatic nitrogens is 1. The van der Waals surface area contributed by atoms with Crippen molar-refractivity contribution < 1.29 is 9.32 Å². The zero-order chi connectivity index (χ0) is 11.5. The zero-order valence-electron chi connectivity index (χ0n) is 9.13. The lowest BCUT2D eigenvalue weighted by Crippen LogP contribution is -2.12. The summed E-state index contributed by atoms with van der Waals surface area (Å²) >= 11 is 5.43. The van der Waals surface area contributed by atoms with Gasteiger partial charge in [-0.3, -0.25) is 10.1 Å². The van der Waals surface area contributed by atoms with Crippen LogP contribution in [0, 0.1) is 0 Å². The van der Waals surface area contributed by atoms with E-state index in [4.69, 9.17) is 16.1 Å². The maximum absolute atomic E-state index is 11.2. The standard InChI is InChI=1S/C10H15ClN2O2/c1-10(2,3)7-6-9(15-13-7)12-8(14)4-5-11/h6H,4-5H2,1-3H3,(H,12,14). The Kier molecular flexibility index (Phi) is 3.74. The van der Waals surface area contributed by atoms with E-state index in [1.807, 2.05) is 20.8 Å². The van der Waals surface area contributed by atoms with Gasteiger partial charge < -0.3 is 4.52 Å². The van der Waals surface area contributed by atoms with Crippen LogP contribution in [-0.2, 0) is 10.2 Å². The highest BCUT2D eigenvalue weighted by atomic mass is 35.5. The molecular weight excluding hydrogens is 216 g/mol. The van der Waals surface area contributed by atoms with E-state index in [-0.39, 0.29) is 17.7 Å². The molecule has 0 bridgehead atoms. The topological polar surface area (TPSA) is 55.1 Å². The molecule has 0 saturated carbocycles. The van der Waals surface area contributed by atoms with Gasteiger partial charge in [0, 0.05) is 23.8 Å². The third-order valence-corrected chi connectivity index (χ3v) is 2.05. The molecule has 1 N–H and O–H groups in total. The second-order valence-corrected chi connectivity index (χ2v) is 4.69. The van der Waals surface area contributed by atoms with Crippen LogP contribution in [0.1, 0.15) is 32.9 Å². The summed E-state index contributed by atoms with van der Waals surface area (Å²) in [5, 5.41) is 6.46. The van der Waals surface area contributed by atoms with E-state index < -0.39 is 0 Å². The number of alkyl halides is 1. The van der Waals surface area contributed by atoms with Crippen molar-refractivity contribution >= 4 is 23.4 Å². The lowest BCUT2D eigenvalue weighted by Gasteiger charge is -2.12. The van der Waals surface area contributed by atoms with Crippen LogP contribution in [0.15, 0.2) is 10.6 Å². The average molecular weight is 231 g/mol. The van der Waals surface area contributed by atoms with E-state index in [0.717, 1.165) is 5.69 Å². The zero-order valence-corrected chi connectivity index (χ0v) is 9.89. The summed E-state index contributed by atoms with van der Waals surface area (Å²) in [6.45, 7) is 6.07. The first-order valence-electron chi connectivity index (χ1n) is 4.76. The summed E-state index contributed by atoms with van der Waals surface area (Å²) in [5.74, 6) is 0.503. The molecule has 4 nitrogen and oxygen atoms in total. The number of amides is 1. The third-order valence-electron chi connectivity index (χ3n) is 1.86. The van der Waals surface area contributed by atoms with Gasteiger partial charge in [-0.1, -0.05) is 25.9 Å². The Morgan fingerprint density at radius 3 is 2.73 bits per heavy atom. The highest BCUT2D eigenvalue weighted by Crippen LogP contribution is 2.23. The molecule has 0 fully saturated rings. The molecule has 1 aromatic heterocycles. The van der Waals surface area contributed by atoms with Crippen molar-refractivity contribution in [1.29, 1.82) is 0 Å². The Balaban J connectivity index is 2.65. The number of anilines is 1. The van der Waals surface area contributed by atoms with E-state index in [1.54, 1.807) is 6.07 Å². The first-order chi connectivity index (χ1) is 6.93. The van der Waals surface area contributed by atoms with Gasteiger partial charge in [-0.25, -0.2) is 0 Å². The van der Waals surface area contributed by atoms with E-state index in [0.29, 0.717) is 11.8 Å². The average Bonchev–Trinajstić information content (AvgIpc) is 2.52. The molecule has 1 aromatic rings. The normalized spacial score (nSPS) is 11.5. The van der Waals surface area contributed by atoms with Gasteiger partial charge in [-0.15, -0.1) is 11.6 Å². The lowest BCUT2D eigenvalue weighted by molar-refractivity contribution is -0.115. The molecule has 0 aliphatic rings. The number of nitrogens with zero attached hydrogens (tertiary/aromatic N) is 1. The van der Waals surface area contributed by atoms with Crippen LogP contribution in [0.2, 0.25) is 0 Å². The Bertz CT molecular complexity index is 341. The Morgan fingerprint density at radius 2 is 2.27 bits per heavy atom. The molecule has 0 radical (unpaired) electrons.